The summed E-state index contributed by atoms with van der Waals surface area (Å²) >= 11 is 0. The van der Waals surface area contributed by atoms with Crippen molar-refractivity contribution in [3.63, 3.8) is 0 Å². The standard InChI is InChI=1S/C24H28N4O4S2/c1-16-14-17(8-11-20(16)27-33(2,29)30)9-13-24-25-22-12-10-18(15-23(22)26-24)19-6-4-5-7-21(19)28-34(3,31)32/h4-8,10-12,15-16,27-28H,9,13-14H2,1-3H3,(H,25,26). The molecular formula is C24H28N4O4S2. The van der Waals surface area contributed by atoms with Gasteiger partial charge in [-0.15, -0.1) is 0 Å². The van der Waals surface area contributed by atoms with Crippen molar-refractivity contribution in [1.29, 1.82) is 0 Å². The van der Waals surface area contributed by atoms with Gasteiger partial charge in [-0.25, -0.2) is 21.8 Å². The molecule has 0 saturated heterocycles. The number of nitrogens with one attached hydrogen (secondary N) is 3. The van der Waals surface area contributed by atoms with Crippen LogP contribution in [0.3, 0.4) is 0 Å². The summed E-state index contributed by atoms with van der Waals surface area (Å²) in [7, 11) is -6.67. The number of H-pyrrole nitrogens is 1. The fourth-order valence-corrected chi connectivity index (χ4v) is 5.40. The molecule has 3 N–H and O–H groups in total. The molecule has 1 atom stereocenters. The van der Waals surface area contributed by atoms with Crippen molar-refractivity contribution < 1.29 is 16.8 Å². The summed E-state index contributed by atoms with van der Waals surface area (Å²) in [4.78, 5) is 8.07. The molecule has 180 valence electrons. The summed E-state index contributed by atoms with van der Waals surface area (Å²) < 4.78 is 51.6. The number of hydrogen-bond acceptors (Lipinski definition) is 5. The number of para-hydroxylation sites is 1. The Kier molecular flexibility index (Phi) is 6.55. The van der Waals surface area contributed by atoms with Crippen LogP contribution in [0, 0.1) is 5.92 Å². The zero-order valence-electron chi connectivity index (χ0n) is 19.3. The highest BCUT2D eigenvalue weighted by Crippen LogP contribution is 2.31. The van der Waals surface area contributed by atoms with Gasteiger partial charge >= 0.3 is 0 Å². The average Bonchev–Trinajstić information content (AvgIpc) is 3.14. The molecule has 10 heteroatoms. The van der Waals surface area contributed by atoms with Gasteiger partial charge in [0.05, 0.1) is 29.2 Å². The first-order valence-electron chi connectivity index (χ1n) is 10.9. The van der Waals surface area contributed by atoms with Crippen LogP contribution >= 0.6 is 0 Å². The van der Waals surface area contributed by atoms with Gasteiger partial charge in [0.15, 0.2) is 0 Å². The molecule has 4 rings (SSSR count). The van der Waals surface area contributed by atoms with E-state index in [1.54, 1.807) is 12.1 Å². The largest absolute Gasteiger partial charge is 0.342 e. The molecule has 0 aliphatic heterocycles. The summed E-state index contributed by atoms with van der Waals surface area (Å²) in [6.07, 6.45) is 8.47. The molecule has 1 heterocycles. The lowest BCUT2D eigenvalue weighted by atomic mass is 9.91. The highest BCUT2D eigenvalue weighted by molar-refractivity contribution is 7.92. The SMILES string of the molecule is CC1CC(CCc2nc3ccc(-c4ccccc4NS(C)(=O)=O)cc3[nH]2)=CC=C1NS(C)(=O)=O. The van der Waals surface area contributed by atoms with Crippen LogP contribution in [0.2, 0.25) is 0 Å². The van der Waals surface area contributed by atoms with Gasteiger partial charge in [0, 0.05) is 23.6 Å². The first-order chi connectivity index (χ1) is 16.0. The van der Waals surface area contributed by atoms with Crippen LogP contribution in [0.1, 0.15) is 25.6 Å². The predicted octanol–water partition coefficient (Wildman–Crippen LogP) is 3.93. The van der Waals surface area contributed by atoms with Crippen molar-refractivity contribution in [2.45, 2.75) is 26.2 Å². The number of hydrogen-bond donors (Lipinski definition) is 3. The second-order valence-electron chi connectivity index (χ2n) is 8.76. The first-order valence-corrected chi connectivity index (χ1v) is 14.7. The molecule has 0 radical (unpaired) electrons. The van der Waals surface area contributed by atoms with Crippen LogP contribution in [0.25, 0.3) is 22.2 Å². The minimum Gasteiger partial charge on any atom is -0.342 e. The monoisotopic (exact) mass is 500 g/mol. The smallest absolute Gasteiger partial charge is 0.229 e. The van der Waals surface area contributed by atoms with Crippen LogP contribution < -0.4 is 9.44 Å². The van der Waals surface area contributed by atoms with Crippen LogP contribution in [0.15, 0.2) is 65.9 Å². The van der Waals surface area contributed by atoms with Crippen LogP contribution in [-0.4, -0.2) is 39.3 Å². The highest BCUT2D eigenvalue weighted by atomic mass is 32.2. The van der Waals surface area contributed by atoms with Gasteiger partial charge in [-0.05, 0) is 42.7 Å². The Bertz CT molecular complexity index is 1500. The minimum atomic E-state index is -3.39. The van der Waals surface area contributed by atoms with E-state index in [0.29, 0.717) is 11.4 Å². The highest BCUT2D eigenvalue weighted by Gasteiger charge is 2.18. The van der Waals surface area contributed by atoms with E-state index in [4.69, 9.17) is 4.98 Å². The van der Waals surface area contributed by atoms with Crippen molar-refractivity contribution in [1.82, 2.24) is 14.7 Å². The zero-order chi connectivity index (χ0) is 24.5. The number of fused-ring (bicyclic) bond motifs is 1. The molecule has 0 spiro atoms. The number of sulfonamides is 2. The van der Waals surface area contributed by atoms with E-state index >= 15 is 0 Å². The number of allylic oxidation sites excluding steroid dienone is 4. The number of aryl methyl sites for hydroxylation is 1. The van der Waals surface area contributed by atoms with Gasteiger partial charge in [0.25, 0.3) is 0 Å². The summed E-state index contributed by atoms with van der Waals surface area (Å²) in [5.41, 5.74) is 5.89. The Labute approximate surface area is 200 Å². The van der Waals surface area contributed by atoms with E-state index in [1.165, 1.54) is 5.57 Å². The minimum absolute atomic E-state index is 0.105. The molecule has 1 aliphatic carbocycles. The van der Waals surface area contributed by atoms with E-state index in [9.17, 15) is 16.8 Å². The van der Waals surface area contributed by atoms with Crippen molar-refractivity contribution in [2.75, 3.05) is 17.2 Å². The average molecular weight is 501 g/mol. The maximum atomic E-state index is 11.7. The molecule has 2 aromatic carbocycles. The summed E-state index contributed by atoms with van der Waals surface area (Å²) in [6.45, 7) is 2.01. The number of aromatic amines is 1. The van der Waals surface area contributed by atoms with E-state index in [2.05, 4.69) is 14.4 Å². The van der Waals surface area contributed by atoms with Gasteiger partial charge in [-0.1, -0.05) is 42.8 Å². The third kappa shape index (κ3) is 6.06. The molecule has 0 bridgehead atoms. The predicted molar refractivity (Wildman–Crippen MR) is 136 cm³/mol. The van der Waals surface area contributed by atoms with E-state index < -0.39 is 20.0 Å². The number of benzene rings is 2. The Morgan fingerprint density at radius 3 is 2.41 bits per heavy atom. The van der Waals surface area contributed by atoms with Gasteiger partial charge in [-0.2, -0.15) is 0 Å². The van der Waals surface area contributed by atoms with Gasteiger partial charge in [0.2, 0.25) is 20.0 Å². The Morgan fingerprint density at radius 1 is 0.971 bits per heavy atom. The Balaban J connectivity index is 1.51. The maximum Gasteiger partial charge on any atom is 0.229 e. The molecule has 1 aliphatic rings. The molecule has 1 unspecified atom stereocenters. The number of anilines is 1. The van der Waals surface area contributed by atoms with Crippen molar-refractivity contribution >= 4 is 36.8 Å². The maximum absolute atomic E-state index is 11.7. The summed E-state index contributed by atoms with van der Waals surface area (Å²) in [5, 5.41) is 0. The second kappa shape index (κ2) is 9.27. The number of nitrogens with zero attached hydrogens (tertiary/aromatic N) is 1. The number of rotatable bonds is 8. The second-order valence-corrected chi connectivity index (χ2v) is 12.3. The fourth-order valence-electron chi connectivity index (χ4n) is 4.13. The lowest BCUT2D eigenvalue weighted by molar-refractivity contribution is 0.574. The Morgan fingerprint density at radius 2 is 1.71 bits per heavy atom. The van der Waals surface area contributed by atoms with Gasteiger partial charge in [0.1, 0.15) is 5.82 Å². The molecule has 0 fully saturated rings. The third-order valence-electron chi connectivity index (χ3n) is 5.65. The van der Waals surface area contributed by atoms with Crippen LogP contribution in [0.4, 0.5) is 5.69 Å². The molecule has 0 saturated carbocycles. The van der Waals surface area contributed by atoms with Crippen molar-refractivity contribution in [3.8, 4) is 11.1 Å². The van der Waals surface area contributed by atoms with Crippen molar-refractivity contribution in [2.24, 2.45) is 5.92 Å². The lowest BCUT2D eigenvalue weighted by Gasteiger charge is -2.22. The number of imidazole rings is 1. The lowest BCUT2D eigenvalue weighted by Crippen LogP contribution is -2.26. The quantitative estimate of drug-likeness (QED) is 0.433. The fraction of sp³-hybridized carbons (Fsp3) is 0.292. The van der Waals surface area contributed by atoms with Gasteiger partial charge in [-0.3, -0.25) is 9.44 Å². The third-order valence-corrected chi connectivity index (χ3v) is 6.85. The van der Waals surface area contributed by atoms with E-state index in [0.717, 1.165) is 59.8 Å². The molecule has 34 heavy (non-hydrogen) atoms. The first kappa shape index (κ1) is 24.0. The zero-order valence-corrected chi connectivity index (χ0v) is 20.9. The Hall–Kier alpha value is -3.11. The van der Waals surface area contributed by atoms with Crippen LogP contribution in [-0.2, 0) is 26.5 Å². The molecule has 0 amide bonds. The molecule has 3 aromatic rings. The topological polar surface area (TPSA) is 121 Å². The molecule has 8 nitrogen and oxygen atoms in total. The summed E-state index contributed by atoms with van der Waals surface area (Å²) in [6, 6.07) is 13.1. The van der Waals surface area contributed by atoms with Crippen LogP contribution in [0.5, 0.6) is 0 Å². The molecule has 1 aromatic heterocycles. The van der Waals surface area contributed by atoms with E-state index in [-0.39, 0.29) is 5.92 Å². The van der Waals surface area contributed by atoms with Gasteiger partial charge < -0.3 is 4.98 Å². The number of aromatic nitrogens is 2. The van der Waals surface area contributed by atoms with Crippen molar-refractivity contribution in [3.05, 3.63) is 71.7 Å². The van der Waals surface area contributed by atoms with E-state index in [1.807, 2.05) is 49.4 Å². The normalized spacial score (nSPS) is 16.7. The molecular weight excluding hydrogens is 472 g/mol. The summed E-state index contributed by atoms with van der Waals surface area (Å²) in [5.74, 6) is 0.973.